The molecule has 2 heterocycles. The maximum Gasteiger partial charge on any atom is 0.332 e. The topological polar surface area (TPSA) is 61.8 Å². The zero-order valence-electron chi connectivity index (χ0n) is 15.3. The van der Waals surface area contributed by atoms with Crippen LogP contribution in [0.15, 0.2) is 9.59 Å². The van der Waals surface area contributed by atoms with Crippen LogP contribution in [0.4, 0.5) is 0 Å². The fraction of sp³-hybridized carbons (Fsp3) is 0.706. The second-order valence-electron chi connectivity index (χ2n) is 7.75. The third-order valence-electron chi connectivity index (χ3n) is 4.24. The Bertz CT molecular complexity index is 833. The molecule has 2 aromatic rings. The van der Waals surface area contributed by atoms with Gasteiger partial charge in [0.15, 0.2) is 11.2 Å². The van der Waals surface area contributed by atoms with E-state index in [0.29, 0.717) is 30.2 Å². The molecule has 0 bridgehead atoms. The Balaban J connectivity index is 2.82. The minimum absolute atomic E-state index is 0.0150. The maximum absolute atomic E-state index is 12.7. The number of aromatic nitrogens is 4. The summed E-state index contributed by atoms with van der Waals surface area (Å²) in [5.74, 6) is 1.12. The Labute approximate surface area is 136 Å². The molecule has 0 spiro atoms. The molecule has 1 atom stereocenters. The quantitative estimate of drug-likeness (QED) is 0.868. The zero-order chi connectivity index (χ0) is 17.5. The Hall–Kier alpha value is -1.85. The molecule has 23 heavy (non-hydrogen) atoms. The number of fused-ring (bicyclic) bond motifs is 1. The number of imidazole rings is 1. The Morgan fingerprint density at radius 1 is 1.17 bits per heavy atom. The van der Waals surface area contributed by atoms with E-state index in [2.05, 4.69) is 39.6 Å². The highest BCUT2D eigenvalue weighted by molar-refractivity contribution is 5.71. The molecule has 6 heteroatoms. The van der Waals surface area contributed by atoms with Gasteiger partial charge in [0.1, 0.15) is 5.82 Å². The molecule has 0 aliphatic carbocycles. The summed E-state index contributed by atoms with van der Waals surface area (Å²) in [5.41, 5.74) is 0.502. The summed E-state index contributed by atoms with van der Waals surface area (Å²) in [4.78, 5) is 29.8. The van der Waals surface area contributed by atoms with E-state index < -0.39 is 0 Å². The van der Waals surface area contributed by atoms with Crippen LogP contribution in [0.3, 0.4) is 0 Å². The van der Waals surface area contributed by atoms with Crippen LogP contribution >= 0.6 is 0 Å². The summed E-state index contributed by atoms with van der Waals surface area (Å²) in [5, 5.41) is 0. The summed E-state index contributed by atoms with van der Waals surface area (Å²) in [7, 11) is 1.54. The van der Waals surface area contributed by atoms with Crippen molar-refractivity contribution in [3.05, 3.63) is 26.7 Å². The van der Waals surface area contributed by atoms with Gasteiger partial charge in [-0.2, -0.15) is 0 Å². The molecule has 128 valence electrons. The van der Waals surface area contributed by atoms with Gasteiger partial charge >= 0.3 is 5.69 Å². The summed E-state index contributed by atoms with van der Waals surface area (Å²) in [6.45, 7) is 13.7. The van der Waals surface area contributed by atoms with Crippen molar-refractivity contribution in [1.29, 1.82) is 0 Å². The van der Waals surface area contributed by atoms with E-state index in [1.165, 1.54) is 4.57 Å². The molecule has 0 saturated carbocycles. The smallest absolute Gasteiger partial charge is 0.322 e. The van der Waals surface area contributed by atoms with Crippen molar-refractivity contribution in [2.45, 2.75) is 61.1 Å². The molecular weight excluding hydrogens is 292 g/mol. The second kappa shape index (κ2) is 5.98. The maximum atomic E-state index is 12.7. The highest BCUT2D eigenvalue weighted by Crippen LogP contribution is 2.21. The third-order valence-corrected chi connectivity index (χ3v) is 4.24. The summed E-state index contributed by atoms with van der Waals surface area (Å²) in [6.07, 6.45) is 0.971. The van der Waals surface area contributed by atoms with Crippen molar-refractivity contribution in [3.8, 4) is 0 Å². The first kappa shape index (κ1) is 17.5. The fourth-order valence-electron chi connectivity index (χ4n) is 2.74. The van der Waals surface area contributed by atoms with E-state index in [1.807, 2.05) is 11.5 Å². The van der Waals surface area contributed by atoms with Gasteiger partial charge in [0.25, 0.3) is 5.56 Å². The monoisotopic (exact) mass is 320 g/mol. The third kappa shape index (κ3) is 3.26. The van der Waals surface area contributed by atoms with Gasteiger partial charge in [-0.15, -0.1) is 0 Å². The van der Waals surface area contributed by atoms with E-state index in [-0.39, 0.29) is 16.7 Å². The van der Waals surface area contributed by atoms with Crippen molar-refractivity contribution < 1.29 is 0 Å². The molecule has 0 aliphatic heterocycles. The molecule has 1 unspecified atom stereocenters. The summed E-state index contributed by atoms with van der Waals surface area (Å²) >= 11 is 0. The van der Waals surface area contributed by atoms with Gasteiger partial charge in [-0.3, -0.25) is 13.9 Å². The van der Waals surface area contributed by atoms with E-state index >= 15 is 0 Å². The molecule has 0 radical (unpaired) electrons. The van der Waals surface area contributed by atoms with E-state index in [1.54, 1.807) is 11.6 Å². The van der Waals surface area contributed by atoms with Gasteiger partial charge in [-0.1, -0.05) is 41.0 Å². The Kier molecular flexibility index (Phi) is 4.55. The van der Waals surface area contributed by atoms with Crippen molar-refractivity contribution in [3.63, 3.8) is 0 Å². The average Bonchev–Trinajstić information content (AvgIpc) is 2.76. The number of hydrogen-bond donors (Lipinski definition) is 0. The van der Waals surface area contributed by atoms with E-state index in [9.17, 15) is 9.59 Å². The van der Waals surface area contributed by atoms with E-state index in [4.69, 9.17) is 0 Å². The van der Waals surface area contributed by atoms with Crippen LogP contribution in [0.5, 0.6) is 0 Å². The molecule has 0 N–H and O–H groups in total. The minimum atomic E-state index is -0.289. The van der Waals surface area contributed by atoms with Gasteiger partial charge in [-0.25, -0.2) is 9.78 Å². The van der Waals surface area contributed by atoms with Crippen LogP contribution in [-0.4, -0.2) is 18.7 Å². The molecule has 0 aliphatic rings. The van der Waals surface area contributed by atoms with Crippen LogP contribution in [0.1, 0.15) is 46.9 Å². The second-order valence-corrected chi connectivity index (χ2v) is 7.75. The lowest BCUT2D eigenvalue weighted by molar-refractivity contribution is 0.344. The van der Waals surface area contributed by atoms with Crippen molar-refractivity contribution in [1.82, 2.24) is 18.7 Å². The summed E-state index contributed by atoms with van der Waals surface area (Å²) < 4.78 is 4.80. The SMILES string of the molecule is CCC(C)Cn1c(=O)n(C)c(=O)c2c1nc(C)n2CC(C)(C)C. The van der Waals surface area contributed by atoms with Gasteiger partial charge in [-0.05, 0) is 18.3 Å². The van der Waals surface area contributed by atoms with Crippen LogP contribution in [0.25, 0.3) is 11.2 Å². The summed E-state index contributed by atoms with van der Waals surface area (Å²) in [6, 6.07) is 0. The van der Waals surface area contributed by atoms with Gasteiger partial charge in [0.05, 0.1) is 0 Å². The predicted octanol–water partition coefficient (Wildman–Crippen LogP) is 2.30. The first-order valence-electron chi connectivity index (χ1n) is 8.23. The number of aryl methyl sites for hydroxylation is 1. The van der Waals surface area contributed by atoms with Gasteiger partial charge < -0.3 is 4.57 Å². The largest absolute Gasteiger partial charge is 0.332 e. The van der Waals surface area contributed by atoms with Crippen molar-refractivity contribution >= 4 is 11.2 Å². The highest BCUT2D eigenvalue weighted by Gasteiger charge is 2.22. The standard InChI is InChI=1S/C17H28N4O2/c1-8-11(2)9-20-14-13(15(22)19(7)16(20)23)21(12(3)18-14)10-17(4,5)6/h11H,8-10H2,1-7H3. The van der Waals surface area contributed by atoms with Crippen LogP contribution in [0.2, 0.25) is 0 Å². The predicted molar refractivity (Wildman–Crippen MR) is 92.9 cm³/mol. The van der Waals surface area contributed by atoms with Crippen LogP contribution in [0, 0.1) is 18.3 Å². The molecule has 2 aromatic heterocycles. The van der Waals surface area contributed by atoms with Crippen LogP contribution in [-0.2, 0) is 20.1 Å². The van der Waals surface area contributed by atoms with Gasteiger partial charge in [0.2, 0.25) is 0 Å². The molecular formula is C17H28N4O2. The van der Waals surface area contributed by atoms with Crippen molar-refractivity contribution in [2.24, 2.45) is 18.4 Å². The number of nitrogens with zero attached hydrogens (tertiary/aromatic N) is 4. The normalized spacial score (nSPS) is 13.7. The lowest BCUT2D eigenvalue weighted by Gasteiger charge is -2.20. The minimum Gasteiger partial charge on any atom is -0.322 e. The molecule has 0 fully saturated rings. The van der Waals surface area contributed by atoms with Gasteiger partial charge in [0, 0.05) is 20.1 Å². The first-order valence-corrected chi connectivity index (χ1v) is 8.23. The lowest BCUT2D eigenvalue weighted by atomic mass is 9.97. The Morgan fingerprint density at radius 2 is 1.78 bits per heavy atom. The molecule has 6 nitrogen and oxygen atoms in total. The average molecular weight is 320 g/mol. The highest BCUT2D eigenvalue weighted by atomic mass is 16.2. The molecule has 0 aromatic carbocycles. The molecule has 2 rings (SSSR count). The molecule has 0 amide bonds. The number of hydrogen-bond acceptors (Lipinski definition) is 3. The molecule has 0 saturated heterocycles. The zero-order valence-corrected chi connectivity index (χ0v) is 15.3. The first-order chi connectivity index (χ1) is 10.6. The lowest BCUT2D eigenvalue weighted by Crippen LogP contribution is -2.39. The van der Waals surface area contributed by atoms with E-state index in [0.717, 1.165) is 12.2 Å². The van der Waals surface area contributed by atoms with Crippen molar-refractivity contribution in [2.75, 3.05) is 0 Å². The van der Waals surface area contributed by atoms with Crippen LogP contribution < -0.4 is 11.2 Å². The fourth-order valence-corrected chi connectivity index (χ4v) is 2.74. The number of rotatable bonds is 4. The Morgan fingerprint density at radius 3 is 2.30 bits per heavy atom.